The van der Waals surface area contributed by atoms with Crippen LogP contribution in [0.1, 0.15) is 50.2 Å². The number of rotatable bonds is 9. The van der Waals surface area contributed by atoms with E-state index in [-0.39, 0.29) is 5.60 Å². The van der Waals surface area contributed by atoms with Crippen molar-refractivity contribution in [2.45, 2.75) is 51.2 Å². The van der Waals surface area contributed by atoms with Gasteiger partial charge in [-0.25, -0.2) is 0 Å². The predicted molar refractivity (Wildman–Crippen MR) is 126 cm³/mol. The molecule has 1 heterocycles. The van der Waals surface area contributed by atoms with E-state index in [0.29, 0.717) is 11.8 Å². The maximum absolute atomic E-state index is 5.99. The monoisotopic (exact) mass is 410 g/mol. The molecule has 4 nitrogen and oxygen atoms in total. The fourth-order valence-corrected chi connectivity index (χ4v) is 4.55. The number of hydrogen-bond donors (Lipinski definition) is 1. The summed E-state index contributed by atoms with van der Waals surface area (Å²) in [5.41, 5.74) is 3.94. The highest BCUT2D eigenvalue weighted by Gasteiger charge is 2.33. The van der Waals surface area contributed by atoms with Gasteiger partial charge in [0.2, 0.25) is 0 Å². The van der Waals surface area contributed by atoms with E-state index in [4.69, 9.17) is 9.47 Å². The third kappa shape index (κ3) is 6.23. The van der Waals surface area contributed by atoms with Crippen LogP contribution in [0.3, 0.4) is 0 Å². The zero-order valence-corrected chi connectivity index (χ0v) is 19.3. The maximum atomic E-state index is 5.99. The fraction of sp³-hybridized carbons (Fsp3) is 0.538. The molecule has 0 bridgehead atoms. The van der Waals surface area contributed by atoms with Gasteiger partial charge >= 0.3 is 0 Å². The average molecular weight is 411 g/mol. The number of benzene rings is 2. The number of ether oxygens (including phenoxy) is 2. The molecular formula is C26H38N2O2. The van der Waals surface area contributed by atoms with Crippen molar-refractivity contribution in [3.63, 3.8) is 0 Å². The summed E-state index contributed by atoms with van der Waals surface area (Å²) in [6.45, 7) is 7.21. The lowest BCUT2D eigenvalue weighted by atomic mass is 9.75. The van der Waals surface area contributed by atoms with Gasteiger partial charge in [0.25, 0.3) is 0 Å². The Morgan fingerprint density at radius 1 is 1.10 bits per heavy atom. The molecule has 0 spiro atoms. The molecule has 0 aromatic heterocycles. The molecule has 3 rings (SSSR count). The van der Waals surface area contributed by atoms with Gasteiger partial charge in [0.05, 0.1) is 12.7 Å². The van der Waals surface area contributed by atoms with E-state index in [1.807, 2.05) is 0 Å². The molecule has 1 aliphatic rings. The Morgan fingerprint density at radius 2 is 1.80 bits per heavy atom. The Morgan fingerprint density at radius 3 is 2.40 bits per heavy atom. The highest BCUT2D eigenvalue weighted by Crippen LogP contribution is 2.40. The summed E-state index contributed by atoms with van der Waals surface area (Å²) in [6.07, 6.45) is 3.37. The van der Waals surface area contributed by atoms with Crippen LogP contribution in [0.25, 0.3) is 0 Å². The summed E-state index contributed by atoms with van der Waals surface area (Å²) in [5, 5.41) is 3.66. The van der Waals surface area contributed by atoms with Crippen LogP contribution in [0.4, 0.5) is 5.69 Å². The van der Waals surface area contributed by atoms with Crippen LogP contribution in [0.2, 0.25) is 0 Å². The van der Waals surface area contributed by atoms with Crippen LogP contribution in [0.5, 0.6) is 5.75 Å². The van der Waals surface area contributed by atoms with Crippen LogP contribution >= 0.6 is 0 Å². The van der Waals surface area contributed by atoms with Crippen molar-refractivity contribution in [3.05, 3.63) is 59.7 Å². The molecule has 0 aliphatic carbocycles. The normalized spacial score (nSPS) is 19.3. The first-order chi connectivity index (χ1) is 14.4. The van der Waals surface area contributed by atoms with Crippen molar-refractivity contribution in [2.24, 2.45) is 5.92 Å². The molecule has 1 saturated heterocycles. The van der Waals surface area contributed by atoms with Gasteiger partial charge in [0.1, 0.15) is 5.75 Å². The van der Waals surface area contributed by atoms with Gasteiger partial charge in [-0.05, 0) is 86.9 Å². The van der Waals surface area contributed by atoms with Gasteiger partial charge in [-0.3, -0.25) is 0 Å². The summed E-state index contributed by atoms with van der Waals surface area (Å²) in [5.74, 6) is 2.09. The number of anilines is 1. The minimum atomic E-state index is -0.0325. The molecule has 0 unspecified atom stereocenters. The second kappa shape index (κ2) is 10.3. The summed E-state index contributed by atoms with van der Waals surface area (Å²) in [6, 6.07) is 17.5. The Balaban J connectivity index is 1.61. The van der Waals surface area contributed by atoms with Crippen molar-refractivity contribution >= 4 is 5.69 Å². The molecule has 164 valence electrons. The second-order valence-corrected chi connectivity index (χ2v) is 9.27. The molecule has 1 fully saturated rings. The van der Waals surface area contributed by atoms with Gasteiger partial charge in [-0.15, -0.1) is 0 Å². The number of nitrogens with one attached hydrogen (secondary N) is 1. The third-order valence-electron chi connectivity index (χ3n) is 6.26. The molecule has 0 radical (unpaired) electrons. The van der Waals surface area contributed by atoms with Crippen molar-refractivity contribution in [3.8, 4) is 5.75 Å². The smallest absolute Gasteiger partial charge is 0.118 e. The predicted octanol–water partition coefficient (Wildman–Crippen LogP) is 5.23. The summed E-state index contributed by atoms with van der Waals surface area (Å²) >= 11 is 0. The molecule has 30 heavy (non-hydrogen) atoms. The van der Waals surface area contributed by atoms with Crippen LogP contribution < -0.4 is 15.0 Å². The quantitative estimate of drug-likeness (QED) is 0.574. The molecule has 2 atom stereocenters. The van der Waals surface area contributed by atoms with Gasteiger partial charge in [0.15, 0.2) is 0 Å². The molecular weight excluding hydrogens is 372 g/mol. The zero-order valence-electron chi connectivity index (χ0n) is 19.3. The van der Waals surface area contributed by atoms with E-state index in [0.717, 1.165) is 44.7 Å². The molecule has 2 aromatic carbocycles. The molecule has 0 saturated carbocycles. The molecule has 1 aliphatic heterocycles. The first-order valence-corrected chi connectivity index (χ1v) is 11.1. The lowest BCUT2D eigenvalue weighted by Crippen LogP contribution is -2.36. The number of methoxy groups -OCH3 is 1. The van der Waals surface area contributed by atoms with Crippen molar-refractivity contribution in [2.75, 3.05) is 39.3 Å². The van der Waals surface area contributed by atoms with Crippen LogP contribution in [0.15, 0.2) is 48.5 Å². The maximum Gasteiger partial charge on any atom is 0.118 e. The zero-order chi connectivity index (χ0) is 21.6. The van der Waals surface area contributed by atoms with E-state index in [1.165, 1.54) is 16.8 Å². The van der Waals surface area contributed by atoms with E-state index in [9.17, 15) is 0 Å². The van der Waals surface area contributed by atoms with E-state index >= 15 is 0 Å². The van der Waals surface area contributed by atoms with E-state index in [2.05, 4.69) is 86.7 Å². The van der Waals surface area contributed by atoms with Gasteiger partial charge in [-0.2, -0.15) is 0 Å². The summed E-state index contributed by atoms with van der Waals surface area (Å²) < 4.78 is 11.4. The first-order valence-electron chi connectivity index (χ1n) is 11.1. The lowest BCUT2D eigenvalue weighted by molar-refractivity contribution is -0.0771. The molecule has 2 aromatic rings. The molecule has 0 amide bonds. The minimum Gasteiger partial charge on any atom is -0.497 e. The van der Waals surface area contributed by atoms with Crippen LogP contribution in [-0.2, 0) is 11.3 Å². The third-order valence-corrected chi connectivity index (χ3v) is 6.26. The highest BCUT2D eigenvalue weighted by molar-refractivity contribution is 5.45. The fourth-order valence-electron chi connectivity index (χ4n) is 4.55. The van der Waals surface area contributed by atoms with Crippen molar-refractivity contribution < 1.29 is 9.47 Å². The first kappa shape index (κ1) is 22.6. The van der Waals surface area contributed by atoms with E-state index < -0.39 is 0 Å². The summed E-state index contributed by atoms with van der Waals surface area (Å²) in [7, 11) is 5.87. The van der Waals surface area contributed by atoms with Crippen LogP contribution in [-0.4, -0.2) is 40.0 Å². The number of nitrogens with zero attached hydrogens (tertiary/aromatic N) is 1. The number of hydrogen-bond acceptors (Lipinski definition) is 4. The van der Waals surface area contributed by atoms with Crippen molar-refractivity contribution in [1.29, 1.82) is 0 Å². The SMILES string of the molecule is COc1ccc([C@H](CCNCc2ccc(N(C)C)cc2)[C@H]2CCOC(C)(C)C2)cc1. The average Bonchev–Trinajstić information content (AvgIpc) is 2.73. The minimum absolute atomic E-state index is 0.0325. The Kier molecular flexibility index (Phi) is 7.79. The largest absolute Gasteiger partial charge is 0.497 e. The van der Waals surface area contributed by atoms with Gasteiger partial charge < -0.3 is 19.7 Å². The van der Waals surface area contributed by atoms with E-state index in [1.54, 1.807) is 7.11 Å². The Hall–Kier alpha value is -2.04. The molecule has 1 N–H and O–H groups in total. The highest BCUT2D eigenvalue weighted by atomic mass is 16.5. The molecule has 4 heteroatoms. The standard InChI is InChI=1S/C26H38N2O2/c1-26(2)18-22(15-17-30-26)25(21-8-12-24(29-5)13-9-21)14-16-27-19-20-6-10-23(11-7-20)28(3)4/h6-13,22,25,27H,14-19H2,1-5H3/t22-,25-/m0/s1. The Labute approximate surface area is 182 Å². The lowest BCUT2D eigenvalue weighted by Gasteiger charge is -2.39. The van der Waals surface area contributed by atoms with Gasteiger partial charge in [0, 0.05) is 32.9 Å². The topological polar surface area (TPSA) is 33.7 Å². The summed E-state index contributed by atoms with van der Waals surface area (Å²) in [4.78, 5) is 2.13. The van der Waals surface area contributed by atoms with Gasteiger partial charge in [-0.1, -0.05) is 24.3 Å². The Bertz CT molecular complexity index is 769. The van der Waals surface area contributed by atoms with Crippen molar-refractivity contribution in [1.82, 2.24) is 5.32 Å². The van der Waals surface area contributed by atoms with Crippen LogP contribution in [0, 0.1) is 5.92 Å². The second-order valence-electron chi connectivity index (χ2n) is 9.27.